The Morgan fingerprint density at radius 1 is 1.29 bits per heavy atom. The number of aromatic nitrogens is 2. The van der Waals surface area contributed by atoms with Gasteiger partial charge in [-0.1, -0.05) is 28.1 Å². The Hall–Kier alpha value is -2.32. The highest BCUT2D eigenvalue weighted by molar-refractivity contribution is 9.10. The second-order valence-electron chi connectivity index (χ2n) is 5.15. The van der Waals surface area contributed by atoms with Crippen LogP contribution in [-0.2, 0) is 6.54 Å². The van der Waals surface area contributed by atoms with E-state index in [2.05, 4.69) is 20.9 Å². The zero-order valence-electron chi connectivity index (χ0n) is 12.4. The van der Waals surface area contributed by atoms with Crippen molar-refractivity contribution >= 4 is 49.2 Å². The first-order valence-electron chi connectivity index (χ1n) is 6.89. The lowest BCUT2D eigenvalue weighted by atomic mass is 10.1. The van der Waals surface area contributed by atoms with Crippen LogP contribution in [0.15, 0.2) is 39.9 Å². The molecule has 0 bridgehead atoms. The predicted octanol–water partition coefficient (Wildman–Crippen LogP) is 3.11. The summed E-state index contributed by atoms with van der Waals surface area (Å²) in [6.45, 7) is 1.42. The van der Waals surface area contributed by atoms with Crippen LogP contribution in [0, 0.1) is 6.92 Å². The van der Waals surface area contributed by atoms with Crippen LogP contribution in [0.25, 0.3) is 10.2 Å². The largest absolute Gasteiger partial charge is 0.477 e. The number of halogens is 1. The maximum Gasteiger partial charge on any atom is 0.346 e. The van der Waals surface area contributed by atoms with Crippen LogP contribution in [-0.4, -0.2) is 26.4 Å². The molecule has 0 aliphatic carbocycles. The first-order valence-corrected chi connectivity index (χ1v) is 8.50. The Kier molecular flexibility index (Phi) is 4.33. The zero-order valence-corrected chi connectivity index (χ0v) is 14.8. The monoisotopic (exact) mass is 406 g/mol. The Balaban J connectivity index is 2.01. The minimum atomic E-state index is -1.09. The van der Waals surface area contributed by atoms with E-state index < -0.39 is 11.5 Å². The molecule has 1 N–H and O–H groups in total. The van der Waals surface area contributed by atoms with Gasteiger partial charge in [0, 0.05) is 10.0 Å². The van der Waals surface area contributed by atoms with Crippen molar-refractivity contribution in [1.82, 2.24) is 9.55 Å². The van der Waals surface area contributed by atoms with E-state index in [1.54, 1.807) is 31.2 Å². The molecule has 24 heavy (non-hydrogen) atoms. The number of nitrogens with zero attached hydrogens (tertiary/aromatic N) is 2. The van der Waals surface area contributed by atoms with E-state index in [0.29, 0.717) is 16.0 Å². The van der Waals surface area contributed by atoms with Crippen molar-refractivity contribution in [3.8, 4) is 0 Å². The summed E-state index contributed by atoms with van der Waals surface area (Å²) in [4.78, 5) is 40.7. The molecule has 0 fully saturated rings. The Morgan fingerprint density at radius 2 is 1.96 bits per heavy atom. The summed E-state index contributed by atoms with van der Waals surface area (Å²) >= 11 is 4.26. The Labute approximate surface area is 148 Å². The minimum Gasteiger partial charge on any atom is -0.477 e. The molecule has 0 aliphatic heterocycles. The maximum absolute atomic E-state index is 12.6. The molecule has 0 amide bonds. The second kappa shape index (κ2) is 6.29. The lowest BCUT2D eigenvalue weighted by molar-refractivity contribution is 0.0701. The van der Waals surface area contributed by atoms with Crippen molar-refractivity contribution in [2.45, 2.75) is 13.5 Å². The molecule has 0 atom stereocenters. The van der Waals surface area contributed by atoms with Crippen molar-refractivity contribution in [2.24, 2.45) is 0 Å². The first kappa shape index (κ1) is 16.5. The van der Waals surface area contributed by atoms with Gasteiger partial charge in [0.1, 0.15) is 9.71 Å². The van der Waals surface area contributed by atoms with Crippen LogP contribution >= 0.6 is 27.3 Å². The molecule has 2 heterocycles. The molecule has 2 aromatic heterocycles. The van der Waals surface area contributed by atoms with Gasteiger partial charge in [-0.3, -0.25) is 14.2 Å². The fourth-order valence-corrected chi connectivity index (χ4v) is 3.60. The third-order valence-electron chi connectivity index (χ3n) is 3.59. The molecule has 1 aromatic carbocycles. The highest BCUT2D eigenvalue weighted by Gasteiger charge is 2.19. The number of ketones is 1. The van der Waals surface area contributed by atoms with Gasteiger partial charge in [0.2, 0.25) is 0 Å². The summed E-state index contributed by atoms with van der Waals surface area (Å²) in [5, 5.41) is 9.41. The van der Waals surface area contributed by atoms with Crippen molar-refractivity contribution in [3.63, 3.8) is 0 Å². The van der Waals surface area contributed by atoms with E-state index in [4.69, 9.17) is 5.11 Å². The third kappa shape index (κ3) is 2.90. The molecular formula is C16H11BrN2O4S. The molecule has 0 radical (unpaired) electrons. The molecule has 0 unspecified atom stereocenters. The average molecular weight is 407 g/mol. The number of aryl methyl sites for hydroxylation is 1. The van der Waals surface area contributed by atoms with Gasteiger partial charge in [0.15, 0.2) is 5.78 Å². The van der Waals surface area contributed by atoms with Gasteiger partial charge in [-0.05, 0) is 24.6 Å². The second-order valence-corrected chi connectivity index (χ2v) is 7.06. The van der Waals surface area contributed by atoms with Crippen LogP contribution < -0.4 is 5.56 Å². The Morgan fingerprint density at radius 3 is 2.58 bits per heavy atom. The van der Waals surface area contributed by atoms with Gasteiger partial charge >= 0.3 is 5.97 Å². The number of fused-ring (bicyclic) bond motifs is 1. The van der Waals surface area contributed by atoms with E-state index in [1.807, 2.05) is 0 Å². The van der Waals surface area contributed by atoms with E-state index in [1.165, 1.54) is 10.9 Å². The average Bonchev–Trinajstić information content (AvgIpc) is 2.88. The van der Waals surface area contributed by atoms with E-state index in [-0.39, 0.29) is 22.6 Å². The van der Waals surface area contributed by atoms with E-state index in [0.717, 1.165) is 15.8 Å². The number of carboxylic acid groups (broad SMARTS) is 1. The molecule has 6 nitrogen and oxygen atoms in total. The number of carboxylic acids is 1. The van der Waals surface area contributed by atoms with Crippen molar-refractivity contribution < 1.29 is 14.7 Å². The summed E-state index contributed by atoms with van der Waals surface area (Å²) < 4.78 is 2.06. The molecule has 0 spiro atoms. The SMILES string of the molecule is Cc1c(C(=O)O)sc2ncn(CC(=O)c3ccc(Br)cc3)c(=O)c12. The number of Topliss-reactive ketones (excluding diaryl/α,β-unsaturated/α-hetero) is 1. The highest BCUT2D eigenvalue weighted by Crippen LogP contribution is 2.26. The number of benzene rings is 1. The van der Waals surface area contributed by atoms with Gasteiger partial charge in [0.05, 0.1) is 18.3 Å². The first-order chi connectivity index (χ1) is 11.4. The van der Waals surface area contributed by atoms with Crippen molar-refractivity contribution in [2.75, 3.05) is 0 Å². The number of carbonyl (C=O) groups is 2. The molecule has 0 saturated carbocycles. The maximum atomic E-state index is 12.6. The molecule has 3 aromatic rings. The topological polar surface area (TPSA) is 89.3 Å². The molecule has 0 aliphatic rings. The summed E-state index contributed by atoms with van der Waals surface area (Å²) in [6.07, 6.45) is 1.28. The highest BCUT2D eigenvalue weighted by atomic mass is 79.9. The molecular weight excluding hydrogens is 396 g/mol. The number of hydrogen-bond donors (Lipinski definition) is 1. The Bertz CT molecular complexity index is 1020. The molecule has 122 valence electrons. The summed E-state index contributed by atoms with van der Waals surface area (Å²) in [5.74, 6) is -1.32. The fourth-order valence-electron chi connectivity index (χ4n) is 2.36. The molecule has 0 saturated heterocycles. The number of rotatable bonds is 4. The van der Waals surface area contributed by atoms with Crippen molar-refractivity contribution in [3.05, 3.63) is 61.4 Å². The lowest BCUT2D eigenvalue weighted by Gasteiger charge is -2.05. The standard InChI is InChI=1S/C16H11BrN2O4S/c1-8-12-14(24-13(8)16(22)23)18-7-19(15(12)21)6-11(20)9-2-4-10(17)5-3-9/h2-5,7H,6H2,1H3,(H,22,23). The van der Waals surface area contributed by atoms with Crippen LogP contribution in [0.1, 0.15) is 25.6 Å². The lowest BCUT2D eigenvalue weighted by Crippen LogP contribution is -2.24. The van der Waals surface area contributed by atoms with Crippen LogP contribution in [0.2, 0.25) is 0 Å². The number of carbonyl (C=O) groups excluding carboxylic acids is 1. The number of hydrogen-bond acceptors (Lipinski definition) is 5. The third-order valence-corrected chi connectivity index (χ3v) is 5.31. The van der Waals surface area contributed by atoms with Gasteiger partial charge in [-0.15, -0.1) is 11.3 Å². The predicted molar refractivity (Wildman–Crippen MR) is 94.0 cm³/mol. The minimum absolute atomic E-state index is 0.0894. The molecule has 3 rings (SSSR count). The van der Waals surface area contributed by atoms with Crippen LogP contribution in [0.4, 0.5) is 0 Å². The number of thiophene rings is 1. The molecule has 8 heteroatoms. The van der Waals surface area contributed by atoms with Gasteiger partial charge < -0.3 is 5.11 Å². The smallest absolute Gasteiger partial charge is 0.346 e. The quantitative estimate of drug-likeness (QED) is 0.672. The summed E-state index contributed by atoms with van der Waals surface area (Å²) in [5.41, 5.74) is 0.454. The van der Waals surface area contributed by atoms with Gasteiger partial charge in [-0.2, -0.15) is 0 Å². The van der Waals surface area contributed by atoms with Crippen LogP contribution in [0.3, 0.4) is 0 Å². The van der Waals surface area contributed by atoms with Crippen LogP contribution in [0.5, 0.6) is 0 Å². The van der Waals surface area contributed by atoms with E-state index >= 15 is 0 Å². The van der Waals surface area contributed by atoms with Gasteiger partial charge in [0.25, 0.3) is 5.56 Å². The summed E-state index contributed by atoms with van der Waals surface area (Å²) in [6, 6.07) is 6.84. The summed E-state index contributed by atoms with van der Waals surface area (Å²) in [7, 11) is 0. The zero-order chi connectivity index (χ0) is 17.4. The normalized spacial score (nSPS) is 10.9. The van der Waals surface area contributed by atoms with Gasteiger partial charge in [-0.25, -0.2) is 9.78 Å². The number of aromatic carboxylic acids is 1. The van der Waals surface area contributed by atoms with E-state index in [9.17, 15) is 14.4 Å². The van der Waals surface area contributed by atoms with Crippen molar-refractivity contribution in [1.29, 1.82) is 0 Å². The fraction of sp³-hybridized carbons (Fsp3) is 0.125.